The molecular weight excluding hydrogens is 336 g/mol. The summed E-state index contributed by atoms with van der Waals surface area (Å²) in [6, 6.07) is 0. The van der Waals surface area contributed by atoms with E-state index in [1.165, 1.54) is 12.8 Å². The fraction of sp³-hybridized carbons (Fsp3) is 0.900. The zero-order valence-electron chi connectivity index (χ0n) is 17.1. The number of carboxylic acid groups (broad SMARTS) is 2. The van der Waals surface area contributed by atoms with Gasteiger partial charge >= 0.3 is 11.9 Å². The number of hydrogen-bond donors (Lipinski definition) is 4. The molecule has 0 heterocycles. The summed E-state index contributed by atoms with van der Waals surface area (Å²) in [5.41, 5.74) is 0. The topological polar surface area (TPSA) is 115 Å². The Morgan fingerprint density at radius 3 is 1.42 bits per heavy atom. The molecule has 0 radical (unpaired) electrons. The SMILES string of the molecule is CC(CO)CCCO.CCCCCCC(=O)O.CCCCCCC(=O)O. The van der Waals surface area contributed by atoms with Crippen molar-refractivity contribution in [1.82, 2.24) is 0 Å². The Bertz CT molecular complexity index is 272. The average molecular weight is 379 g/mol. The van der Waals surface area contributed by atoms with Gasteiger partial charge in [0.2, 0.25) is 0 Å². The van der Waals surface area contributed by atoms with Crippen LogP contribution in [0.25, 0.3) is 0 Å². The third-order valence-electron chi connectivity index (χ3n) is 3.66. The maximum absolute atomic E-state index is 9.96. The standard InChI is InChI=1S/2C7H14O2.C6H14O2/c2*1-2-3-4-5-6-7(8)9;1-6(5-8)3-2-4-7/h2*2-6H2,1H3,(H,8,9);6-8H,2-5H2,1H3. The van der Waals surface area contributed by atoms with E-state index in [9.17, 15) is 9.59 Å². The van der Waals surface area contributed by atoms with Crippen LogP contribution in [0, 0.1) is 5.92 Å². The van der Waals surface area contributed by atoms with Gasteiger partial charge in [-0.2, -0.15) is 0 Å². The van der Waals surface area contributed by atoms with Gasteiger partial charge in [-0.05, 0) is 31.6 Å². The van der Waals surface area contributed by atoms with Gasteiger partial charge < -0.3 is 20.4 Å². The Balaban J connectivity index is -0.000000306. The lowest BCUT2D eigenvalue weighted by atomic mass is 10.1. The second-order valence-corrected chi connectivity index (χ2v) is 6.56. The number of aliphatic hydroxyl groups excluding tert-OH is 2. The first-order valence-corrected chi connectivity index (χ1v) is 10.0. The minimum atomic E-state index is -0.675. The van der Waals surface area contributed by atoms with Gasteiger partial charge in [0.25, 0.3) is 0 Å². The Kier molecular flexibility index (Phi) is 29.7. The van der Waals surface area contributed by atoms with Gasteiger partial charge in [-0.1, -0.05) is 59.3 Å². The van der Waals surface area contributed by atoms with Crippen molar-refractivity contribution >= 4 is 11.9 Å². The number of unbranched alkanes of at least 4 members (excludes halogenated alkanes) is 6. The maximum atomic E-state index is 9.96. The van der Waals surface area contributed by atoms with E-state index in [1.54, 1.807) is 0 Å². The molecule has 0 amide bonds. The Morgan fingerprint density at radius 1 is 0.731 bits per heavy atom. The first kappa shape index (κ1) is 29.6. The van der Waals surface area contributed by atoms with Crippen LogP contribution >= 0.6 is 0 Å². The average Bonchev–Trinajstić information content (AvgIpc) is 2.61. The zero-order chi connectivity index (χ0) is 20.6. The molecule has 0 aliphatic rings. The number of aliphatic hydroxyl groups is 2. The smallest absolute Gasteiger partial charge is 0.303 e. The first-order chi connectivity index (χ1) is 12.3. The van der Waals surface area contributed by atoms with Crippen LogP contribution < -0.4 is 0 Å². The van der Waals surface area contributed by atoms with Crippen LogP contribution in [0.15, 0.2) is 0 Å². The van der Waals surface area contributed by atoms with Crippen LogP contribution in [-0.4, -0.2) is 45.6 Å². The van der Waals surface area contributed by atoms with Gasteiger partial charge in [-0.25, -0.2) is 0 Å². The van der Waals surface area contributed by atoms with E-state index in [0.717, 1.165) is 51.4 Å². The predicted molar refractivity (Wildman–Crippen MR) is 105 cm³/mol. The van der Waals surface area contributed by atoms with Crippen LogP contribution in [0.5, 0.6) is 0 Å². The van der Waals surface area contributed by atoms with Crippen molar-refractivity contribution in [3.63, 3.8) is 0 Å². The fourth-order valence-corrected chi connectivity index (χ4v) is 1.94. The summed E-state index contributed by atoms with van der Waals surface area (Å²) < 4.78 is 0. The fourth-order valence-electron chi connectivity index (χ4n) is 1.94. The van der Waals surface area contributed by atoms with Gasteiger partial charge in [-0.3, -0.25) is 9.59 Å². The van der Waals surface area contributed by atoms with Crippen LogP contribution in [0.3, 0.4) is 0 Å². The summed E-state index contributed by atoms with van der Waals surface area (Å²) in [6.45, 7) is 6.67. The Labute approximate surface area is 159 Å². The van der Waals surface area contributed by atoms with Crippen molar-refractivity contribution in [2.45, 2.75) is 97.8 Å². The number of carboxylic acids is 2. The maximum Gasteiger partial charge on any atom is 0.303 e. The summed E-state index contributed by atoms with van der Waals surface area (Å²) in [5, 5.41) is 33.2. The van der Waals surface area contributed by atoms with E-state index in [0.29, 0.717) is 18.8 Å². The quantitative estimate of drug-likeness (QED) is 0.331. The van der Waals surface area contributed by atoms with Gasteiger partial charge in [0.1, 0.15) is 0 Å². The predicted octanol–water partition coefficient (Wildman–Crippen LogP) is 4.47. The third-order valence-corrected chi connectivity index (χ3v) is 3.66. The molecule has 1 unspecified atom stereocenters. The highest BCUT2D eigenvalue weighted by Gasteiger charge is 1.96. The van der Waals surface area contributed by atoms with Crippen molar-refractivity contribution in [3.05, 3.63) is 0 Å². The van der Waals surface area contributed by atoms with Crippen LogP contribution in [-0.2, 0) is 9.59 Å². The highest BCUT2D eigenvalue weighted by molar-refractivity contribution is 5.66. The lowest BCUT2D eigenvalue weighted by Gasteiger charge is -2.03. The van der Waals surface area contributed by atoms with E-state index in [1.807, 2.05) is 6.92 Å². The minimum absolute atomic E-state index is 0.236. The molecule has 158 valence electrons. The third kappa shape index (κ3) is 38.4. The molecule has 0 saturated carbocycles. The molecule has 1 atom stereocenters. The monoisotopic (exact) mass is 378 g/mol. The largest absolute Gasteiger partial charge is 0.481 e. The second-order valence-electron chi connectivity index (χ2n) is 6.56. The highest BCUT2D eigenvalue weighted by atomic mass is 16.4. The first-order valence-electron chi connectivity index (χ1n) is 10.0. The van der Waals surface area contributed by atoms with E-state index < -0.39 is 11.9 Å². The molecule has 26 heavy (non-hydrogen) atoms. The highest BCUT2D eigenvalue weighted by Crippen LogP contribution is 2.02. The zero-order valence-corrected chi connectivity index (χ0v) is 17.1. The molecule has 0 fully saturated rings. The number of aliphatic carboxylic acids is 2. The van der Waals surface area contributed by atoms with E-state index in [-0.39, 0.29) is 13.2 Å². The molecule has 0 spiro atoms. The Hall–Kier alpha value is -1.14. The van der Waals surface area contributed by atoms with Crippen LogP contribution in [0.1, 0.15) is 97.8 Å². The van der Waals surface area contributed by atoms with Gasteiger partial charge in [-0.15, -0.1) is 0 Å². The van der Waals surface area contributed by atoms with Crippen molar-refractivity contribution in [1.29, 1.82) is 0 Å². The molecule has 0 rings (SSSR count). The molecule has 0 aliphatic heterocycles. The summed E-state index contributed by atoms with van der Waals surface area (Å²) in [7, 11) is 0. The number of rotatable bonds is 14. The van der Waals surface area contributed by atoms with Gasteiger partial charge in [0, 0.05) is 26.1 Å². The lowest BCUT2D eigenvalue weighted by Crippen LogP contribution is -2.00. The van der Waals surface area contributed by atoms with Gasteiger partial charge in [0.15, 0.2) is 0 Å². The number of carbonyl (C=O) groups is 2. The molecule has 4 N–H and O–H groups in total. The van der Waals surface area contributed by atoms with Crippen molar-refractivity contribution in [2.24, 2.45) is 5.92 Å². The van der Waals surface area contributed by atoms with Crippen molar-refractivity contribution in [3.8, 4) is 0 Å². The number of hydrogen-bond acceptors (Lipinski definition) is 4. The van der Waals surface area contributed by atoms with Crippen molar-refractivity contribution < 1.29 is 30.0 Å². The second kappa shape index (κ2) is 26.1. The van der Waals surface area contributed by atoms with Crippen LogP contribution in [0.4, 0.5) is 0 Å². The van der Waals surface area contributed by atoms with E-state index in [4.69, 9.17) is 20.4 Å². The molecule has 0 saturated heterocycles. The molecule has 6 heteroatoms. The van der Waals surface area contributed by atoms with Gasteiger partial charge in [0.05, 0.1) is 0 Å². The lowest BCUT2D eigenvalue weighted by molar-refractivity contribution is -0.138. The summed E-state index contributed by atoms with van der Waals surface area (Å²) in [6.07, 6.45) is 10.8. The van der Waals surface area contributed by atoms with Crippen LogP contribution in [0.2, 0.25) is 0 Å². The summed E-state index contributed by atoms with van der Waals surface area (Å²) >= 11 is 0. The van der Waals surface area contributed by atoms with Crippen molar-refractivity contribution in [2.75, 3.05) is 13.2 Å². The molecule has 0 bridgehead atoms. The molecule has 6 nitrogen and oxygen atoms in total. The normalized spacial score (nSPS) is 10.8. The van der Waals surface area contributed by atoms with E-state index >= 15 is 0 Å². The molecule has 0 aromatic rings. The molecule has 0 aromatic carbocycles. The molecular formula is C20H42O6. The van der Waals surface area contributed by atoms with E-state index in [2.05, 4.69) is 13.8 Å². The summed E-state index contributed by atoms with van der Waals surface area (Å²) in [4.78, 5) is 19.9. The Morgan fingerprint density at radius 2 is 1.15 bits per heavy atom. The summed E-state index contributed by atoms with van der Waals surface area (Å²) in [5.74, 6) is -1.00. The minimum Gasteiger partial charge on any atom is -0.481 e. The molecule has 0 aromatic heterocycles. The molecule has 0 aliphatic carbocycles.